The SMILES string of the molecule is O=C(C1CCCC1)N1CCC[C@H](c2nccnc2-c2ccccc2F)C1. The Morgan fingerprint density at radius 1 is 1.04 bits per heavy atom. The number of rotatable bonds is 3. The average molecular weight is 353 g/mol. The second kappa shape index (κ2) is 7.52. The number of nitrogens with zero attached hydrogens (tertiary/aromatic N) is 3. The van der Waals surface area contributed by atoms with E-state index in [1.807, 2.05) is 11.0 Å². The Kier molecular flexibility index (Phi) is 4.96. The van der Waals surface area contributed by atoms with Gasteiger partial charge in [-0.3, -0.25) is 14.8 Å². The average Bonchev–Trinajstić information content (AvgIpc) is 3.23. The molecule has 5 heteroatoms. The van der Waals surface area contributed by atoms with E-state index >= 15 is 0 Å². The van der Waals surface area contributed by atoms with Crippen LogP contribution in [-0.2, 0) is 4.79 Å². The molecule has 0 unspecified atom stereocenters. The lowest BCUT2D eigenvalue weighted by molar-refractivity contribution is -0.136. The second-order valence-corrected chi connectivity index (χ2v) is 7.37. The third-order valence-corrected chi connectivity index (χ3v) is 5.68. The van der Waals surface area contributed by atoms with Crippen molar-refractivity contribution in [3.8, 4) is 11.3 Å². The first-order valence-electron chi connectivity index (χ1n) is 9.58. The van der Waals surface area contributed by atoms with Gasteiger partial charge in [-0.05, 0) is 37.8 Å². The number of halogens is 1. The lowest BCUT2D eigenvalue weighted by Crippen LogP contribution is -2.42. The molecule has 1 aromatic carbocycles. The molecule has 136 valence electrons. The first-order chi connectivity index (χ1) is 12.7. The fraction of sp³-hybridized carbons (Fsp3) is 0.476. The van der Waals surface area contributed by atoms with Gasteiger partial charge in [0, 0.05) is 42.9 Å². The van der Waals surface area contributed by atoms with Crippen LogP contribution in [0.25, 0.3) is 11.3 Å². The molecule has 1 aromatic heterocycles. The van der Waals surface area contributed by atoms with Gasteiger partial charge in [0.2, 0.25) is 5.91 Å². The van der Waals surface area contributed by atoms with Gasteiger partial charge in [0.05, 0.1) is 11.4 Å². The summed E-state index contributed by atoms with van der Waals surface area (Å²) < 4.78 is 14.3. The van der Waals surface area contributed by atoms with E-state index in [4.69, 9.17) is 0 Å². The third kappa shape index (κ3) is 3.35. The summed E-state index contributed by atoms with van der Waals surface area (Å²) in [6, 6.07) is 6.68. The van der Waals surface area contributed by atoms with Gasteiger partial charge in [0.15, 0.2) is 0 Å². The second-order valence-electron chi connectivity index (χ2n) is 7.37. The Hall–Kier alpha value is -2.30. The molecule has 4 rings (SSSR count). The van der Waals surface area contributed by atoms with E-state index in [1.165, 1.54) is 6.07 Å². The molecule has 26 heavy (non-hydrogen) atoms. The Morgan fingerprint density at radius 3 is 2.62 bits per heavy atom. The molecular formula is C21H24FN3O. The molecule has 1 aliphatic heterocycles. The fourth-order valence-corrected chi connectivity index (χ4v) is 4.34. The zero-order valence-electron chi connectivity index (χ0n) is 14.9. The lowest BCUT2D eigenvalue weighted by Gasteiger charge is -2.34. The summed E-state index contributed by atoms with van der Waals surface area (Å²) in [6.07, 6.45) is 9.54. The van der Waals surface area contributed by atoms with Crippen LogP contribution in [0.5, 0.6) is 0 Å². The molecule has 4 nitrogen and oxygen atoms in total. The monoisotopic (exact) mass is 353 g/mol. The molecule has 2 aromatic rings. The van der Waals surface area contributed by atoms with Crippen LogP contribution in [0.4, 0.5) is 4.39 Å². The molecule has 0 bridgehead atoms. The minimum atomic E-state index is -0.288. The Morgan fingerprint density at radius 2 is 1.81 bits per heavy atom. The van der Waals surface area contributed by atoms with E-state index < -0.39 is 0 Å². The standard InChI is InChI=1S/C21H24FN3O/c22-18-10-4-3-9-17(18)20-19(23-11-12-24-20)16-8-5-13-25(14-16)21(26)15-6-1-2-7-15/h3-4,9-12,15-16H,1-2,5-8,13-14H2/t16-/m0/s1. The van der Waals surface area contributed by atoms with Crippen molar-refractivity contribution in [1.82, 2.24) is 14.9 Å². The van der Waals surface area contributed by atoms with Crippen LogP contribution in [0.2, 0.25) is 0 Å². The topological polar surface area (TPSA) is 46.1 Å². The van der Waals surface area contributed by atoms with Crippen LogP contribution in [0.3, 0.4) is 0 Å². The number of aromatic nitrogens is 2. The predicted molar refractivity (Wildman–Crippen MR) is 97.9 cm³/mol. The van der Waals surface area contributed by atoms with Crippen molar-refractivity contribution in [3.05, 3.63) is 48.2 Å². The summed E-state index contributed by atoms with van der Waals surface area (Å²) >= 11 is 0. The molecule has 1 amide bonds. The van der Waals surface area contributed by atoms with E-state index in [2.05, 4.69) is 9.97 Å². The van der Waals surface area contributed by atoms with Crippen molar-refractivity contribution in [2.45, 2.75) is 44.4 Å². The van der Waals surface area contributed by atoms with Gasteiger partial charge in [-0.1, -0.05) is 25.0 Å². The minimum Gasteiger partial charge on any atom is -0.342 e. The maximum absolute atomic E-state index is 14.3. The summed E-state index contributed by atoms with van der Waals surface area (Å²) in [7, 11) is 0. The highest BCUT2D eigenvalue weighted by Crippen LogP contribution is 2.34. The van der Waals surface area contributed by atoms with Gasteiger partial charge in [-0.25, -0.2) is 4.39 Å². The van der Waals surface area contributed by atoms with Crippen LogP contribution in [0.15, 0.2) is 36.7 Å². The summed E-state index contributed by atoms with van der Waals surface area (Å²) in [6.45, 7) is 1.48. The van der Waals surface area contributed by atoms with Crippen LogP contribution < -0.4 is 0 Å². The molecule has 1 saturated carbocycles. The molecule has 1 atom stereocenters. The number of carbonyl (C=O) groups excluding carboxylic acids is 1. The van der Waals surface area contributed by atoms with Gasteiger partial charge < -0.3 is 4.90 Å². The Balaban J connectivity index is 1.59. The summed E-state index contributed by atoms with van der Waals surface area (Å²) in [4.78, 5) is 23.8. The third-order valence-electron chi connectivity index (χ3n) is 5.68. The maximum atomic E-state index is 14.3. The number of hydrogen-bond acceptors (Lipinski definition) is 3. The highest BCUT2D eigenvalue weighted by Gasteiger charge is 2.32. The van der Waals surface area contributed by atoms with Gasteiger partial charge in [-0.2, -0.15) is 0 Å². The van der Waals surface area contributed by atoms with Gasteiger partial charge >= 0.3 is 0 Å². The summed E-state index contributed by atoms with van der Waals surface area (Å²) in [5.74, 6) is 0.312. The molecule has 1 aliphatic carbocycles. The van der Waals surface area contributed by atoms with Crippen molar-refractivity contribution < 1.29 is 9.18 Å². The molecule has 1 saturated heterocycles. The number of piperidine rings is 1. The molecule has 2 heterocycles. The summed E-state index contributed by atoms with van der Waals surface area (Å²) in [5.41, 5.74) is 1.89. The zero-order valence-corrected chi connectivity index (χ0v) is 14.9. The van der Waals surface area contributed by atoms with Crippen LogP contribution in [0.1, 0.15) is 50.1 Å². The van der Waals surface area contributed by atoms with E-state index in [1.54, 1.807) is 24.5 Å². The van der Waals surface area contributed by atoms with Gasteiger partial charge in [-0.15, -0.1) is 0 Å². The predicted octanol–water partition coefficient (Wildman–Crippen LogP) is 4.18. The number of amides is 1. The van der Waals surface area contributed by atoms with E-state index in [9.17, 15) is 9.18 Å². The van der Waals surface area contributed by atoms with Crippen LogP contribution in [0, 0.1) is 11.7 Å². The van der Waals surface area contributed by atoms with Crippen molar-refractivity contribution in [1.29, 1.82) is 0 Å². The Labute approximate surface area is 153 Å². The first kappa shape index (κ1) is 17.1. The van der Waals surface area contributed by atoms with Crippen LogP contribution >= 0.6 is 0 Å². The number of benzene rings is 1. The number of hydrogen-bond donors (Lipinski definition) is 0. The van der Waals surface area contributed by atoms with Crippen molar-refractivity contribution >= 4 is 5.91 Å². The molecule has 2 fully saturated rings. The van der Waals surface area contributed by atoms with E-state index in [-0.39, 0.29) is 17.7 Å². The van der Waals surface area contributed by atoms with Crippen molar-refractivity contribution in [3.63, 3.8) is 0 Å². The summed E-state index contributed by atoms with van der Waals surface area (Å²) in [5, 5.41) is 0. The van der Waals surface area contributed by atoms with E-state index in [0.717, 1.165) is 50.8 Å². The van der Waals surface area contributed by atoms with Crippen LogP contribution in [-0.4, -0.2) is 33.9 Å². The quantitative estimate of drug-likeness (QED) is 0.832. The van der Waals surface area contributed by atoms with E-state index in [0.29, 0.717) is 23.7 Å². The number of carbonyl (C=O) groups is 1. The molecule has 0 spiro atoms. The largest absolute Gasteiger partial charge is 0.342 e. The maximum Gasteiger partial charge on any atom is 0.225 e. The van der Waals surface area contributed by atoms with Gasteiger partial charge in [0.25, 0.3) is 0 Å². The highest BCUT2D eigenvalue weighted by molar-refractivity contribution is 5.79. The first-order valence-corrected chi connectivity index (χ1v) is 9.58. The lowest BCUT2D eigenvalue weighted by atomic mass is 9.90. The zero-order chi connectivity index (χ0) is 17.9. The van der Waals surface area contributed by atoms with Gasteiger partial charge in [0.1, 0.15) is 5.82 Å². The van der Waals surface area contributed by atoms with Crippen molar-refractivity contribution in [2.24, 2.45) is 5.92 Å². The van der Waals surface area contributed by atoms with Crippen molar-refractivity contribution in [2.75, 3.05) is 13.1 Å². The molecule has 0 N–H and O–H groups in total. The molecular weight excluding hydrogens is 329 g/mol. The normalized spacial score (nSPS) is 21.1. The fourth-order valence-electron chi connectivity index (χ4n) is 4.34. The minimum absolute atomic E-state index is 0.109. The number of likely N-dealkylation sites (tertiary alicyclic amines) is 1. The molecule has 2 aliphatic rings. The Bertz CT molecular complexity index is 788. The highest BCUT2D eigenvalue weighted by atomic mass is 19.1. The molecule has 0 radical (unpaired) electrons. The smallest absolute Gasteiger partial charge is 0.225 e.